The van der Waals surface area contributed by atoms with Crippen LogP contribution in [0.2, 0.25) is 0 Å². The molecule has 5 fully saturated rings. The van der Waals surface area contributed by atoms with Gasteiger partial charge in [-0.3, -0.25) is 4.90 Å². The maximum atomic E-state index is 13.9. The van der Waals surface area contributed by atoms with E-state index in [1.165, 1.54) is 107 Å². The Labute approximate surface area is 514 Å². The number of hydrogen-bond acceptors (Lipinski definition) is 8. The van der Waals surface area contributed by atoms with Gasteiger partial charge in [0.05, 0.1) is 24.6 Å². The number of ether oxygens (including phenoxy) is 4. The van der Waals surface area contributed by atoms with Crippen LogP contribution in [0, 0.1) is 46.3 Å². The second kappa shape index (κ2) is 22.7. The summed E-state index contributed by atoms with van der Waals surface area (Å²) in [7, 11) is 1.82. The summed E-state index contributed by atoms with van der Waals surface area (Å²) in [6, 6.07) is 35.7. The first-order valence-electron chi connectivity index (χ1n) is 33.6. The number of anilines is 2. The summed E-state index contributed by atoms with van der Waals surface area (Å²) >= 11 is 0. The highest BCUT2D eigenvalue weighted by Crippen LogP contribution is 2.68. The van der Waals surface area contributed by atoms with Crippen LogP contribution in [0.1, 0.15) is 172 Å². The number of fused-ring (bicyclic) bond motifs is 12. The molecule has 4 aromatic carbocycles. The lowest BCUT2D eigenvalue weighted by Crippen LogP contribution is -2.51. The highest BCUT2D eigenvalue weighted by Gasteiger charge is 2.60. The molecule has 7 aliphatic carbocycles. The largest absolute Gasteiger partial charge is 0.508 e. The Kier molecular flexibility index (Phi) is 15.2. The fourth-order valence-corrected chi connectivity index (χ4v) is 19.8. The Bertz CT molecular complexity index is 3410. The molecule has 10 atom stereocenters. The number of carbonyl (C=O) groups is 1. The standard InChI is InChI=1S/C78H95N3O5/c1-51(2)19-17-20-52(3)64-30-31-66-60-29-28-55-47-58(32-38-76(55,6)67(60)33-39-77(64,66)7)86-74(82)85-57-34-40-81(41-35-57)78(54-22-11-9-12-23-54)37-18-21-53(50-78)59-36-46-84-73-63-49-69(83-8)68(80-44-42-79(43-45-80)56-24-13-10-14-25-56)48-62(63)70-61-26-15-16-27-65(61)75(4,5)72(70)71(59)73/h9-16,18,21-28,36-37,46,48-49,51-52,57-58,60,64,66-67,73H,17,19-20,29-35,38-45,47,50H2,1-8H3. The van der Waals surface area contributed by atoms with E-state index < -0.39 is 11.7 Å². The topological polar surface area (TPSA) is 63.7 Å². The third kappa shape index (κ3) is 9.75. The van der Waals surface area contributed by atoms with Crippen LogP contribution in [0.15, 0.2) is 162 Å². The molecule has 0 amide bonds. The first-order valence-corrected chi connectivity index (χ1v) is 33.6. The Morgan fingerprint density at radius 1 is 0.744 bits per heavy atom. The number of piperidine rings is 1. The number of benzene rings is 4. The molecule has 0 radical (unpaired) electrons. The Hall–Kier alpha value is -6.25. The molecule has 452 valence electrons. The number of rotatable bonds is 13. The average Bonchev–Trinajstić information content (AvgIpc) is 1.54. The summed E-state index contributed by atoms with van der Waals surface area (Å²) in [5.74, 6) is 5.75. The van der Waals surface area contributed by atoms with Gasteiger partial charge >= 0.3 is 6.16 Å². The highest BCUT2D eigenvalue weighted by atomic mass is 16.7. The number of likely N-dealkylation sites (tertiary alicyclic amines) is 1. The molecule has 14 rings (SSSR count). The predicted molar refractivity (Wildman–Crippen MR) is 348 cm³/mol. The zero-order valence-electron chi connectivity index (χ0n) is 52.9. The van der Waals surface area contributed by atoms with Gasteiger partial charge in [-0.1, -0.05) is 170 Å². The molecule has 10 aliphatic rings. The van der Waals surface area contributed by atoms with Gasteiger partial charge in [-0.05, 0) is 185 Å². The van der Waals surface area contributed by atoms with E-state index in [0.29, 0.717) is 5.41 Å². The number of allylic oxidation sites excluding steroid dienone is 5. The third-order valence-electron chi connectivity index (χ3n) is 24.2. The van der Waals surface area contributed by atoms with Crippen LogP contribution in [0.25, 0.3) is 5.57 Å². The van der Waals surface area contributed by atoms with Gasteiger partial charge in [0.2, 0.25) is 0 Å². The summed E-state index contributed by atoms with van der Waals surface area (Å²) in [5.41, 5.74) is 16.7. The monoisotopic (exact) mass is 1150 g/mol. The number of nitrogens with zero attached hydrogens (tertiary/aromatic N) is 3. The van der Waals surface area contributed by atoms with Gasteiger partial charge in [0, 0.05) is 67.9 Å². The Balaban J connectivity index is 0.678. The SMILES string of the molecule is COc1cc2c(cc1N1CCN(c3ccccc3)CC1)C1=C(C3=C(C4=CC=CC(c5ccccc5)(N5CCC(OC(=O)OC6CCC7(C)C(=CCC8C7CCC7(C)C(C(C)CCCC(C)C)CCC87)C6)CC5)C4)C=COC32)C(C)(C)c2ccccc21. The molecule has 3 heterocycles. The lowest BCUT2D eigenvalue weighted by Gasteiger charge is -2.58. The highest BCUT2D eigenvalue weighted by molar-refractivity contribution is 5.98. The quantitative estimate of drug-likeness (QED) is 0.0969. The fraction of sp³-hybridized carbons (Fsp3) is 0.526. The molecule has 0 aromatic heterocycles. The van der Waals surface area contributed by atoms with Crippen molar-refractivity contribution in [3.8, 4) is 5.75 Å². The minimum atomic E-state index is -0.482. The van der Waals surface area contributed by atoms with Crippen LogP contribution >= 0.6 is 0 Å². The Morgan fingerprint density at radius 2 is 1.48 bits per heavy atom. The van der Waals surface area contributed by atoms with E-state index in [4.69, 9.17) is 18.9 Å². The van der Waals surface area contributed by atoms with E-state index >= 15 is 0 Å². The van der Waals surface area contributed by atoms with Gasteiger partial charge in [-0.15, -0.1) is 0 Å². The van der Waals surface area contributed by atoms with Gasteiger partial charge in [0.25, 0.3) is 0 Å². The minimum Gasteiger partial charge on any atom is -0.495 e. The molecule has 0 N–H and O–H groups in total. The van der Waals surface area contributed by atoms with Gasteiger partial charge in [0.15, 0.2) is 0 Å². The maximum absolute atomic E-state index is 13.9. The van der Waals surface area contributed by atoms with Crippen LogP contribution in [0.3, 0.4) is 0 Å². The van der Waals surface area contributed by atoms with Crippen molar-refractivity contribution in [3.05, 3.63) is 189 Å². The van der Waals surface area contributed by atoms with E-state index in [1.54, 1.807) is 5.57 Å². The van der Waals surface area contributed by atoms with Gasteiger partial charge in [0.1, 0.15) is 24.1 Å². The van der Waals surface area contributed by atoms with Crippen molar-refractivity contribution >= 4 is 23.1 Å². The normalized spacial score (nSPS) is 31.3. The summed E-state index contributed by atoms with van der Waals surface area (Å²) in [6.07, 6.45) is 28.8. The maximum Gasteiger partial charge on any atom is 0.508 e. The zero-order valence-corrected chi connectivity index (χ0v) is 52.9. The number of piperazine rings is 1. The number of hydrogen-bond donors (Lipinski definition) is 0. The van der Waals surface area contributed by atoms with Crippen molar-refractivity contribution in [1.29, 1.82) is 0 Å². The molecule has 3 saturated carbocycles. The molecule has 3 aliphatic heterocycles. The van der Waals surface area contributed by atoms with Gasteiger partial charge in [-0.2, -0.15) is 0 Å². The van der Waals surface area contributed by atoms with Crippen LogP contribution in [0.5, 0.6) is 5.75 Å². The number of carbonyl (C=O) groups excluding carboxylic acids is 1. The molecule has 0 bridgehead atoms. The van der Waals surface area contributed by atoms with E-state index in [0.717, 1.165) is 130 Å². The smallest absolute Gasteiger partial charge is 0.495 e. The van der Waals surface area contributed by atoms with Crippen LogP contribution in [-0.4, -0.2) is 69.6 Å². The van der Waals surface area contributed by atoms with Crippen molar-refractivity contribution in [3.63, 3.8) is 0 Å². The van der Waals surface area contributed by atoms with Gasteiger partial charge < -0.3 is 28.7 Å². The summed E-state index contributed by atoms with van der Waals surface area (Å²) in [4.78, 5) is 21.6. The van der Waals surface area contributed by atoms with E-state index in [2.05, 4.69) is 191 Å². The second-order valence-electron chi connectivity index (χ2n) is 29.3. The van der Waals surface area contributed by atoms with E-state index in [1.807, 2.05) is 13.4 Å². The first kappa shape index (κ1) is 57.5. The fourth-order valence-electron chi connectivity index (χ4n) is 19.8. The first-order chi connectivity index (χ1) is 41.7. The van der Waals surface area contributed by atoms with Gasteiger partial charge in [-0.25, -0.2) is 4.79 Å². The molecule has 8 nitrogen and oxygen atoms in total. The number of para-hydroxylation sites is 1. The lowest BCUT2D eigenvalue weighted by atomic mass is 9.47. The van der Waals surface area contributed by atoms with Crippen LogP contribution < -0.4 is 14.5 Å². The molecule has 8 heteroatoms. The van der Waals surface area contributed by atoms with Crippen molar-refractivity contribution < 1.29 is 23.7 Å². The van der Waals surface area contributed by atoms with Crippen molar-refractivity contribution in [2.75, 3.05) is 56.2 Å². The molecule has 4 aromatic rings. The molecule has 2 saturated heterocycles. The third-order valence-corrected chi connectivity index (χ3v) is 24.2. The molecular weight excluding hydrogens is 1060 g/mol. The summed E-state index contributed by atoms with van der Waals surface area (Å²) < 4.78 is 26.0. The lowest BCUT2D eigenvalue weighted by molar-refractivity contribution is -0.0667. The zero-order chi connectivity index (χ0) is 59.1. The minimum absolute atomic E-state index is 0.122. The predicted octanol–water partition coefficient (Wildman–Crippen LogP) is 17.8. The van der Waals surface area contributed by atoms with Crippen molar-refractivity contribution in [1.82, 2.24) is 4.90 Å². The number of methoxy groups -OCH3 is 1. The summed E-state index contributed by atoms with van der Waals surface area (Å²) in [5, 5.41) is 0. The molecule has 86 heavy (non-hydrogen) atoms. The molecule has 10 unspecified atom stereocenters. The summed E-state index contributed by atoms with van der Waals surface area (Å²) in [6.45, 7) is 22.7. The Morgan fingerprint density at radius 3 is 2.24 bits per heavy atom. The molecule has 0 spiro atoms. The van der Waals surface area contributed by atoms with Crippen molar-refractivity contribution in [2.24, 2.45) is 46.3 Å². The van der Waals surface area contributed by atoms with E-state index in [-0.39, 0.29) is 29.1 Å². The average molecular weight is 1150 g/mol. The van der Waals surface area contributed by atoms with E-state index in [9.17, 15) is 4.79 Å². The van der Waals surface area contributed by atoms with Crippen molar-refractivity contribution in [2.45, 2.75) is 168 Å². The van der Waals surface area contributed by atoms with Crippen LogP contribution in [-0.2, 0) is 25.2 Å². The van der Waals surface area contributed by atoms with Crippen LogP contribution in [0.4, 0.5) is 16.2 Å². The molecular formula is C78H95N3O5. The second-order valence-corrected chi connectivity index (χ2v) is 29.3.